The Hall–Kier alpha value is -1.22. The zero-order valence-electron chi connectivity index (χ0n) is 13.8. The second-order valence-electron chi connectivity index (χ2n) is 6.42. The molecule has 2 aromatic rings. The molecule has 1 fully saturated rings. The van der Waals surface area contributed by atoms with E-state index in [0.717, 1.165) is 19.5 Å². The predicted octanol–water partition coefficient (Wildman–Crippen LogP) is 2.84. The van der Waals surface area contributed by atoms with Gasteiger partial charge in [0.1, 0.15) is 5.69 Å². The first-order valence-electron chi connectivity index (χ1n) is 7.46. The van der Waals surface area contributed by atoms with E-state index in [-0.39, 0.29) is 35.2 Å². The summed E-state index contributed by atoms with van der Waals surface area (Å²) in [6, 6.07) is 5.52. The molecule has 0 aliphatic carbocycles. The van der Waals surface area contributed by atoms with Crippen molar-refractivity contribution < 1.29 is 12.3 Å². The summed E-state index contributed by atoms with van der Waals surface area (Å²) in [4.78, 5) is -0.354. The first-order chi connectivity index (χ1) is 10.8. The van der Waals surface area contributed by atoms with Crippen LogP contribution in [0.5, 0.6) is 0 Å². The number of nitrogens with zero attached hydrogens (tertiary/aromatic N) is 3. The van der Waals surface area contributed by atoms with Crippen LogP contribution in [-0.4, -0.2) is 35.5 Å². The molecule has 0 radical (unpaired) electrons. The van der Waals surface area contributed by atoms with Gasteiger partial charge in [-0.2, -0.15) is 8.42 Å². The van der Waals surface area contributed by atoms with Gasteiger partial charge in [-0.1, -0.05) is 17.3 Å². The largest absolute Gasteiger partial charge is 0.332 e. The highest BCUT2D eigenvalue weighted by Crippen LogP contribution is 2.27. The molecule has 0 amide bonds. The Morgan fingerprint density at radius 1 is 1.28 bits per heavy atom. The van der Waals surface area contributed by atoms with Crippen LogP contribution in [0.4, 0.5) is 3.89 Å². The molecule has 1 N–H and O–H groups in total. The van der Waals surface area contributed by atoms with Gasteiger partial charge in [0.15, 0.2) is 0 Å². The molecule has 1 aromatic heterocycles. The predicted molar refractivity (Wildman–Crippen MR) is 98.4 cm³/mol. The average Bonchev–Trinajstić information content (AvgIpc) is 3.06. The maximum atomic E-state index is 12.9. The third-order valence-electron chi connectivity index (χ3n) is 4.47. The number of halogens is 3. The summed E-state index contributed by atoms with van der Waals surface area (Å²) in [5.74, 6) is 0.469. The highest BCUT2D eigenvalue weighted by molar-refractivity contribution is 7.86. The van der Waals surface area contributed by atoms with Crippen LogP contribution in [-0.2, 0) is 16.8 Å². The maximum absolute atomic E-state index is 12.9. The number of nitrogens with one attached hydrogen (secondary N) is 1. The van der Waals surface area contributed by atoms with E-state index in [2.05, 4.69) is 29.5 Å². The SMILES string of the molecule is CC1(C)NCCC1Cn1cc(-c2ccc(S(=O)(=O)F)cc2)nn1.Cl.Cl. The van der Waals surface area contributed by atoms with E-state index in [1.165, 1.54) is 24.3 Å². The molecule has 1 saturated heterocycles. The fraction of sp³-hybridized carbons (Fsp3) is 0.467. The number of aromatic nitrogens is 3. The van der Waals surface area contributed by atoms with E-state index in [0.29, 0.717) is 17.2 Å². The molecule has 1 aliphatic heterocycles. The molecule has 6 nitrogen and oxygen atoms in total. The van der Waals surface area contributed by atoms with Gasteiger partial charge in [-0.3, -0.25) is 4.68 Å². The quantitative estimate of drug-likeness (QED) is 0.783. The van der Waals surface area contributed by atoms with Crippen LogP contribution in [0.2, 0.25) is 0 Å². The Bertz CT molecular complexity index is 809. The molecule has 3 rings (SSSR count). The van der Waals surface area contributed by atoms with Gasteiger partial charge < -0.3 is 5.32 Å². The van der Waals surface area contributed by atoms with Crippen molar-refractivity contribution in [2.75, 3.05) is 6.54 Å². The lowest BCUT2D eigenvalue weighted by molar-refractivity contribution is 0.287. The summed E-state index contributed by atoms with van der Waals surface area (Å²) in [6.45, 7) is 6.12. The van der Waals surface area contributed by atoms with E-state index < -0.39 is 10.2 Å². The fourth-order valence-electron chi connectivity index (χ4n) is 2.93. The van der Waals surface area contributed by atoms with Gasteiger partial charge in [-0.05, 0) is 44.9 Å². The van der Waals surface area contributed by atoms with Gasteiger partial charge in [0.05, 0.1) is 11.1 Å². The summed E-state index contributed by atoms with van der Waals surface area (Å²) < 4.78 is 36.4. The van der Waals surface area contributed by atoms with E-state index in [1.807, 2.05) is 6.20 Å². The Kier molecular flexibility index (Phi) is 6.97. The van der Waals surface area contributed by atoms with Gasteiger partial charge in [-0.25, -0.2) is 0 Å². The van der Waals surface area contributed by atoms with Gasteiger partial charge >= 0.3 is 10.2 Å². The second-order valence-corrected chi connectivity index (χ2v) is 7.77. The van der Waals surface area contributed by atoms with E-state index in [4.69, 9.17) is 0 Å². The van der Waals surface area contributed by atoms with Crippen molar-refractivity contribution in [3.05, 3.63) is 30.5 Å². The lowest BCUT2D eigenvalue weighted by atomic mass is 9.89. The van der Waals surface area contributed by atoms with Gasteiger partial charge in [-0.15, -0.1) is 33.8 Å². The third-order valence-corrected chi connectivity index (χ3v) is 5.31. The minimum Gasteiger partial charge on any atom is -0.311 e. The first-order valence-corrected chi connectivity index (χ1v) is 8.84. The molecule has 0 bridgehead atoms. The second kappa shape index (κ2) is 7.99. The summed E-state index contributed by atoms with van der Waals surface area (Å²) in [5.41, 5.74) is 1.41. The zero-order chi connectivity index (χ0) is 16.7. The van der Waals surface area contributed by atoms with Crippen molar-refractivity contribution in [1.29, 1.82) is 0 Å². The van der Waals surface area contributed by atoms with Crippen LogP contribution in [0.25, 0.3) is 11.3 Å². The molecule has 0 saturated carbocycles. The monoisotopic (exact) mass is 410 g/mol. The highest BCUT2D eigenvalue weighted by Gasteiger charge is 2.34. The van der Waals surface area contributed by atoms with Gasteiger partial charge in [0, 0.05) is 17.6 Å². The van der Waals surface area contributed by atoms with Crippen LogP contribution in [0.1, 0.15) is 20.3 Å². The zero-order valence-corrected chi connectivity index (χ0v) is 16.3. The molecule has 140 valence electrons. The molecule has 25 heavy (non-hydrogen) atoms. The summed E-state index contributed by atoms with van der Waals surface area (Å²) in [7, 11) is -4.67. The smallest absolute Gasteiger partial charge is 0.311 e. The van der Waals surface area contributed by atoms with Crippen molar-refractivity contribution in [2.45, 2.75) is 37.2 Å². The number of hydrogen-bond donors (Lipinski definition) is 1. The summed E-state index contributed by atoms with van der Waals surface area (Å²) in [6.07, 6.45) is 2.92. The van der Waals surface area contributed by atoms with Crippen LogP contribution >= 0.6 is 24.8 Å². The standard InChI is InChI=1S/C15H19FN4O2S.2ClH/c1-15(2)12(7-8-17-15)9-20-10-14(18-19-20)11-3-5-13(6-4-11)23(16,21)22;;/h3-6,10,12,17H,7-9H2,1-2H3;2*1H. The van der Waals surface area contributed by atoms with Crippen molar-refractivity contribution >= 4 is 35.0 Å². The molecule has 1 aliphatic rings. The Morgan fingerprint density at radius 3 is 2.44 bits per heavy atom. The van der Waals surface area contributed by atoms with E-state index >= 15 is 0 Å². The lowest BCUT2D eigenvalue weighted by Crippen LogP contribution is -2.39. The third kappa shape index (κ3) is 4.91. The molecule has 2 heterocycles. The van der Waals surface area contributed by atoms with E-state index in [9.17, 15) is 12.3 Å². The molecular weight excluding hydrogens is 390 g/mol. The van der Waals surface area contributed by atoms with Crippen LogP contribution in [0.3, 0.4) is 0 Å². The summed E-state index contributed by atoms with van der Waals surface area (Å²) >= 11 is 0. The van der Waals surface area contributed by atoms with Gasteiger partial charge in [0.2, 0.25) is 0 Å². The fourth-order valence-corrected chi connectivity index (χ4v) is 3.39. The minimum atomic E-state index is -4.67. The van der Waals surface area contributed by atoms with Crippen molar-refractivity contribution in [3.63, 3.8) is 0 Å². The van der Waals surface area contributed by atoms with Crippen LogP contribution in [0.15, 0.2) is 35.4 Å². The Morgan fingerprint density at radius 2 is 1.92 bits per heavy atom. The Labute approximate surface area is 159 Å². The number of rotatable bonds is 4. The maximum Gasteiger partial charge on any atom is 0.332 e. The normalized spacial score (nSPS) is 19.1. The lowest BCUT2D eigenvalue weighted by Gasteiger charge is -2.26. The molecular formula is C15H21Cl2FN4O2S. The van der Waals surface area contributed by atoms with Crippen molar-refractivity contribution in [3.8, 4) is 11.3 Å². The highest BCUT2D eigenvalue weighted by atomic mass is 35.5. The molecule has 10 heteroatoms. The van der Waals surface area contributed by atoms with Crippen molar-refractivity contribution in [1.82, 2.24) is 20.3 Å². The topological polar surface area (TPSA) is 76.9 Å². The van der Waals surface area contributed by atoms with Gasteiger partial charge in [0.25, 0.3) is 0 Å². The molecule has 1 atom stereocenters. The molecule has 1 aromatic carbocycles. The Balaban J connectivity index is 0.00000156. The molecule has 1 unspecified atom stereocenters. The van der Waals surface area contributed by atoms with Crippen LogP contribution < -0.4 is 5.32 Å². The van der Waals surface area contributed by atoms with E-state index in [1.54, 1.807) is 4.68 Å². The van der Waals surface area contributed by atoms with Crippen LogP contribution in [0, 0.1) is 5.92 Å². The average molecular weight is 411 g/mol. The number of benzene rings is 1. The van der Waals surface area contributed by atoms with Crippen molar-refractivity contribution in [2.24, 2.45) is 5.92 Å². The summed E-state index contributed by atoms with van der Waals surface area (Å²) in [5, 5.41) is 11.7. The first kappa shape index (κ1) is 21.8. The number of hydrogen-bond acceptors (Lipinski definition) is 5. The molecule has 0 spiro atoms. The minimum absolute atomic E-state index is 0.